The zero-order valence-electron chi connectivity index (χ0n) is 9.06. The Morgan fingerprint density at radius 2 is 2.27 bits per heavy atom. The van der Waals surface area contributed by atoms with E-state index >= 15 is 0 Å². The predicted octanol–water partition coefficient (Wildman–Crippen LogP) is 2.02. The zero-order chi connectivity index (χ0) is 10.5. The summed E-state index contributed by atoms with van der Waals surface area (Å²) in [6.07, 6.45) is 6.35. The number of furan rings is 1. The Kier molecular flexibility index (Phi) is 3.80. The molecule has 1 aromatic heterocycles. The molecule has 1 aromatic rings. The standard InChI is InChI=1S/C12H19NO2/c14-8-2-1-7-13(11-5-6-11)10-12-4-3-9-15-12/h3-4,9,11,14H,1-2,5-8,10H2. The summed E-state index contributed by atoms with van der Waals surface area (Å²) >= 11 is 0. The van der Waals surface area contributed by atoms with Crippen LogP contribution in [0, 0.1) is 0 Å². The first-order chi connectivity index (χ1) is 7.40. The molecule has 1 saturated carbocycles. The number of aliphatic hydroxyl groups is 1. The molecule has 0 unspecified atom stereocenters. The van der Waals surface area contributed by atoms with Crippen molar-refractivity contribution in [2.45, 2.75) is 38.3 Å². The van der Waals surface area contributed by atoms with Crippen molar-refractivity contribution in [3.63, 3.8) is 0 Å². The molecular weight excluding hydrogens is 190 g/mol. The first kappa shape index (κ1) is 10.7. The Bertz CT molecular complexity index is 267. The molecule has 1 N–H and O–H groups in total. The smallest absolute Gasteiger partial charge is 0.117 e. The van der Waals surface area contributed by atoms with Crippen LogP contribution in [0.25, 0.3) is 0 Å². The maximum atomic E-state index is 8.75. The zero-order valence-corrected chi connectivity index (χ0v) is 9.06. The Morgan fingerprint density at radius 1 is 1.40 bits per heavy atom. The lowest BCUT2D eigenvalue weighted by atomic mass is 10.3. The van der Waals surface area contributed by atoms with Gasteiger partial charge in [0.15, 0.2) is 0 Å². The highest BCUT2D eigenvalue weighted by Crippen LogP contribution is 2.28. The van der Waals surface area contributed by atoms with Crippen LogP contribution < -0.4 is 0 Å². The van der Waals surface area contributed by atoms with Crippen molar-refractivity contribution in [2.75, 3.05) is 13.2 Å². The normalized spacial score (nSPS) is 16.1. The van der Waals surface area contributed by atoms with Crippen LogP contribution in [0.1, 0.15) is 31.4 Å². The van der Waals surface area contributed by atoms with E-state index in [1.165, 1.54) is 12.8 Å². The SMILES string of the molecule is OCCCCN(Cc1ccco1)C1CC1. The van der Waals surface area contributed by atoms with Gasteiger partial charge in [0.2, 0.25) is 0 Å². The Labute approximate surface area is 90.7 Å². The topological polar surface area (TPSA) is 36.6 Å². The second-order valence-electron chi connectivity index (χ2n) is 4.21. The quantitative estimate of drug-likeness (QED) is 0.698. The maximum Gasteiger partial charge on any atom is 0.117 e. The molecule has 84 valence electrons. The van der Waals surface area contributed by atoms with Gasteiger partial charge in [0.25, 0.3) is 0 Å². The van der Waals surface area contributed by atoms with Crippen molar-refractivity contribution in [3.8, 4) is 0 Å². The molecule has 0 spiro atoms. The van der Waals surface area contributed by atoms with Crippen molar-refractivity contribution in [3.05, 3.63) is 24.2 Å². The summed E-state index contributed by atoms with van der Waals surface area (Å²) in [4.78, 5) is 2.47. The van der Waals surface area contributed by atoms with Gasteiger partial charge in [-0.3, -0.25) is 4.90 Å². The Hall–Kier alpha value is -0.800. The molecule has 0 aromatic carbocycles. The summed E-state index contributed by atoms with van der Waals surface area (Å²) in [6.45, 7) is 2.30. The summed E-state index contributed by atoms with van der Waals surface area (Å²) in [5.74, 6) is 1.05. The van der Waals surface area contributed by atoms with Gasteiger partial charge in [-0.1, -0.05) is 0 Å². The number of hydrogen-bond acceptors (Lipinski definition) is 3. The van der Waals surface area contributed by atoms with Crippen molar-refractivity contribution in [1.82, 2.24) is 4.90 Å². The van der Waals surface area contributed by atoms with Crippen LogP contribution in [0.15, 0.2) is 22.8 Å². The maximum absolute atomic E-state index is 8.75. The number of rotatable bonds is 7. The summed E-state index contributed by atoms with van der Waals surface area (Å²) in [6, 6.07) is 4.73. The summed E-state index contributed by atoms with van der Waals surface area (Å²) in [7, 11) is 0. The van der Waals surface area contributed by atoms with Gasteiger partial charge in [-0.15, -0.1) is 0 Å². The second kappa shape index (κ2) is 5.33. The minimum atomic E-state index is 0.305. The minimum absolute atomic E-state index is 0.305. The van der Waals surface area contributed by atoms with Gasteiger partial charge >= 0.3 is 0 Å². The van der Waals surface area contributed by atoms with E-state index in [0.29, 0.717) is 6.61 Å². The lowest BCUT2D eigenvalue weighted by molar-refractivity contribution is 0.215. The molecule has 3 nitrogen and oxygen atoms in total. The highest BCUT2D eigenvalue weighted by molar-refractivity contribution is 4.99. The first-order valence-corrected chi connectivity index (χ1v) is 5.77. The molecular formula is C12H19NO2. The van der Waals surface area contributed by atoms with Gasteiger partial charge < -0.3 is 9.52 Å². The Morgan fingerprint density at radius 3 is 2.87 bits per heavy atom. The average molecular weight is 209 g/mol. The van der Waals surface area contributed by atoms with Gasteiger partial charge in [-0.25, -0.2) is 0 Å². The molecule has 0 aliphatic heterocycles. The molecule has 1 heterocycles. The fraction of sp³-hybridized carbons (Fsp3) is 0.667. The van der Waals surface area contributed by atoms with Gasteiger partial charge in [-0.05, 0) is 44.4 Å². The van der Waals surface area contributed by atoms with E-state index in [4.69, 9.17) is 9.52 Å². The van der Waals surface area contributed by atoms with Crippen LogP contribution in [0.4, 0.5) is 0 Å². The van der Waals surface area contributed by atoms with E-state index in [1.807, 2.05) is 12.1 Å². The van der Waals surface area contributed by atoms with Gasteiger partial charge in [-0.2, -0.15) is 0 Å². The summed E-state index contributed by atoms with van der Waals surface area (Å²) < 4.78 is 5.36. The van der Waals surface area contributed by atoms with Crippen molar-refractivity contribution < 1.29 is 9.52 Å². The predicted molar refractivity (Wildman–Crippen MR) is 58.5 cm³/mol. The average Bonchev–Trinajstić information content (AvgIpc) is 2.97. The molecule has 1 fully saturated rings. The molecule has 3 heteroatoms. The summed E-state index contributed by atoms with van der Waals surface area (Å²) in [5, 5.41) is 8.75. The largest absolute Gasteiger partial charge is 0.468 e. The first-order valence-electron chi connectivity index (χ1n) is 5.77. The van der Waals surface area contributed by atoms with E-state index in [2.05, 4.69) is 4.90 Å². The van der Waals surface area contributed by atoms with Crippen LogP contribution >= 0.6 is 0 Å². The van der Waals surface area contributed by atoms with Gasteiger partial charge in [0.1, 0.15) is 5.76 Å². The van der Waals surface area contributed by atoms with E-state index in [0.717, 1.165) is 37.7 Å². The fourth-order valence-corrected chi connectivity index (χ4v) is 1.86. The molecule has 0 atom stereocenters. The lowest BCUT2D eigenvalue weighted by Crippen LogP contribution is -2.26. The monoisotopic (exact) mass is 209 g/mol. The molecule has 2 rings (SSSR count). The number of unbranched alkanes of at least 4 members (excludes halogenated alkanes) is 1. The molecule has 15 heavy (non-hydrogen) atoms. The van der Waals surface area contributed by atoms with Crippen LogP contribution in [-0.4, -0.2) is 29.2 Å². The van der Waals surface area contributed by atoms with Crippen molar-refractivity contribution in [1.29, 1.82) is 0 Å². The van der Waals surface area contributed by atoms with Crippen LogP contribution in [0.3, 0.4) is 0 Å². The molecule has 0 radical (unpaired) electrons. The van der Waals surface area contributed by atoms with E-state index in [9.17, 15) is 0 Å². The van der Waals surface area contributed by atoms with E-state index in [-0.39, 0.29) is 0 Å². The molecule has 0 bridgehead atoms. The second-order valence-corrected chi connectivity index (χ2v) is 4.21. The van der Waals surface area contributed by atoms with E-state index in [1.54, 1.807) is 6.26 Å². The van der Waals surface area contributed by atoms with Crippen molar-refractivity contribution >= 4 is 0 Å². The number of nitrogens with zero attached hydrogens (tertiary/aromatic N) is 1. The molecule has 1 aliphatic rings. The third kappa shape index (κ3) is 3.36. The molecule has 0 saturated heterocycles. The number of aliphatic hydroxyl groups excluding tert-OH is 1. The number of hydrogen-bond donors (Lipinski definition) is 1. The van der Waals surface area contributed by atoms with Crippen LogP contribution in [0.5, 0.6) is 0 Å². The summed E-state index contributed by atoms with van der Waals surface area (Å²) in [5.41, 5.74) is 0. The van der Waals surface area contributed by atoms with Gasteiger partial charge in [0.05, 0.1) is 12.8 Å². The van der Waals surface area contributed by atoms with Crippen LogP contribution in [-0.2, 0) is 6.54 Å². The van der Waals surface area contributed by atoms with Crippen LogP contribution in [0.2, 0.25) is 0 Å². The fourth-order valence-electron chi connectivity index (χ4n) is 1.86. The lowest BCUT2D eigenvalue weighted by Gasteiger charge is -2.20. The van der Waals surface area contributed by atoms with Gasteiger partial charge in [0, 0.05) is 12.6 Å². The third-order valence-corrected chi connectivity index (χ3v) is 2.86. The van der Waals surface area contributed by atoms with Crippen molar-refractivity contribution in [2.24, 2.45) is 0 Å². The molecule has 1 aliphatic carbocycles. The minimum Gasteiger partial charge on any atom is -0.468 e. The Balaban J connectivity index is 1.78. The highest BCUT2D eigenvalue weighted by atomic mass is 16.3. The third-order valence-electron chi connectivity index (χ3n) is 2.86. The molecule has 0 amide bonds. The van der Waals surface area contributed by atoms with E-state index < -0.39 is 0 Å². The highest BCUT2D eigenvalue weighted by Gasteiger charge is 2.28.